The lowest BCUT2D eigenvalue weighted by atomic mass is 9.92. The third-order valence-corrected chi connectivity index (χ3v) is 5.66. The minimum Gasteiger partial charge on any atom is -0.466 e. The standard InChI is InChI=1S/C14H24N4O5S2/c1-9(2)22-14(19)17-7-5-11(6-8-17)10(3)23-13-16-18(12(15)24-13)25(4,20)21/h9-11,15H,5-8H2,1-4H3. The zero-order valence-corrected chi connectivity index (χ0v) is 16.4. The van der Waals surface area contributed by atoms with Gasteiger partial charge in [-0.2, -0.15) is 0 Å². The van der Waals surface area contributed by atoms with E-state index in [1.807, 2.05) is 20.8 Å². The lowest BCUT2D eigenvalue weighted by Crippen LogP contribution is -2.42. The molecule has 1 atom stereocenters. The van der Waals surface area contributed by atoms with Crippen molar-refractivity contribution >= 4 is 27.5 Å². The fraction of sp³-hybridized carbons (Fsp3) is 0.786. The van der Waals surface area contributed by atoms with E-state index in [4.69, 9.17) is 14.9 Å². The molecular weight excluding hydrogens is 368 g/mol. The number of nitrogens with zero attached hydrogens (tertiary/aromatic N) is 3. The summed E-state index contributed by atoms with van der Waals surface area (Å²) in [6, 6.07) is 0. The number of carbonyl (C=O) groups is 1. The monoisotopic (exact) mass is 392 g/mol. The maximum Gasteiger partial charge on any atom is 0.410 e. The van der Waals surface area contributed by atoms with Gasteiger partial charge in [0.2, 0.25) is 4.80 Å². The highest BCUT2D eigenvalue weighted by atomic mass is 32.2. The summed E-state index contributed by atoms with van der Waals surface area (Å²) in [7, 11) is -3.61. The molecule has 1 aliphatic heterocycles. The van der Waals surface area contributed by atoms with Gasteiger partial charge < -0.3 is 14.4 Å². The normalized spacial score (nSPS) is 17.6. The second-order valence-corrected chi connectivity index (χ2v) is 9.11. The number of likely N-dealkylation sites (tertiary alicyclic amines) is 1. The van der Waals surface area contributed by atoms with Gasteiger partial charge in [-0.05, 0) is 50.9 Å². The maximum atomic E-state index is 11.9. The Morgan fingerprint density at radius 3 is 2.40 bits per heavy atom. The molecule has 0 aliphatic carbocycles. The molecule has 9 nitrogen and oxygen atoms in total. The van der Waals surface area contributed by atoms with Crippen LogP contribution in [0.1, 0.15) is 33.6 Å². The molecular formula is C14H24N4O5S2. The molecule has 1 aromatic heterocycles. The number of aromatic nitrogens is 2. The Kier molecular flexibility index (Phi) is 6.09. The first-order valence-corrected chi connectivity index (χ1v) is 10.7. The summed E-state index contributed by atoms with van der Waals surface area (Å²) in [5, 5.41) is 11.7. The Labute approximate surface area is 151 Å². The molecule has 1 N–H and O–H groups in total. The minimum absolute atomic E-state index is 0.141. The SMILES string of the molecule is CC(C)OC(=O)N1CCC(C(C)Oc2nn(S(C)(=O)=O)c(=N)s2)CC1. The minimum atomic E-state index is -3.61. The summed E-state index contributed by atoms with van der Waals surface area (Å²) in [6.45, 7) is 6.71. The fourth-order valence-electron chi connectivity index (χ4n) is 2.62. The van der Waals surface area contributed by atoms with E-state index in [0.29, 0.717) is 17.2 Å². The summed E-state index contributed by atoms with van der Waals surface area (Å²) < 4.78 is 34.6. The van der Waals surface area contributed by atoms with Crippen LogP contribution in [-0.4, -0.2) is 60.1 Å². The van der Waals surface area contributed by atoms with E-state index in [0.717, 1.165) is 30.4 Å². The number of ether oxygens (including phenoxy) is 2. The third-order valence-electron chi connectivity index (χ3n) is 3.93. The number of hydrogen-bond donors (Lipinski definition) is 1. The van der Waals surface area contributed by atoms with Gasteiger partial charge in [0.05, 0.1) is 12.4 Å². The van der Waals surface area contributed by atoms with Crippen molar-refractivity contribution in [3.8, 4) is 5.19 Å². The summed E-state index contributed by atoms with van der Waals surface area (Å²) in [5.41, 5.74) is 0. The molecule has 25 heavy (non-hydrogen) atoms. The highest BCUT2D eigenvalue weighted by Gasteiger charge is 2.29. The number of amides is 1. The molecule has 2 heterocycles. The predicted molar refractivity (Wildman–Crippen MR) is 92.2 cm³/mol. The zero-order chi connectivity index (χ0) is 18.8. The van der Waals surface area contributed by atoms with Gasteiger partial charge in [0, 0.05) is 13.1 Å². The van der Waals surface area contributed by atoms with Crippen molar-refractivity contribution in [2.75, 3.05) is 19.3 Å². The van der Waals surface area contributed by atoms with E-state index in [9.17, 15) is 13.2 Å². The second-order valence-electron chi connectivity index (χ2n) is 6.36. The van der Waals surface area contributed by atoms with E-state index in [1.165, 1.54) is 0 Å². The van der Waals surface area contributed by atoms with Crippen LogP contribution >= 0.6 is 11.3 Å². The molecule has 11 heteroatoms. The van der Waals surface area contributed by atoms with Crippen LogP contribution in [0, 0.1) is 11.3 Å². The predicted octanol–water partition coefficient (Wildman–Crippen LogP) is 1.26. The summed E-state index contributed by atoms with van der Waals surface area (Å²) >= 11 is 0.878. The van der Waals surface area contributed by atoms with Gasteiger partial charge in [0.15, 0.2) is 0 Å². The Hall–Kier alpha value is -1.62. The first kappa shape index (κ1) is 19.7. The number of carbonyl (C=O) groups excluding carboxylic acids is 1. The van der Waals surface area contributed by atoms with E-state index in [2.05, 4.69) is 5.10 Å². The lowest BCUT2D eigenvalue weighted by molar-refractivity contribution is 0.0493. The first-order chi connectivity index (χ1) is 11.6. The quantitative estimate of drug-likeness (QED) is 0.807. The van der Waals surface area contributed by atoms with E-state index in [-0.39, 0.29) is 34.2 Å². The van der Waals surface area contributed by atoms with Gasteiger partial charge in [-0.15, -0.1) is 9.19 Å². The largest absolute Gasteiger partial charge is 0.466 e. The first-order valence-electron chi connectivity index (χ1n) is 8.05. The zero-order valence-electron chi connectivity index (χ0n) is 14.8. The van der Waals surface area contributed by atoms with Crippen molar-refractivity contribution < 1.29 is 22.7 Å². The van der Waals surface area contributed by atoms with Gasteiger partial charge in [-0.25, -0.2) is 13.2 Å². The van der Waals surface area contributed by atoms with E-state index < -0.39 is 10.0 Å². The van der Waals surface area contributed by atoms with Crippen LogP contribution in [-0.2, 0) is 14.8 Å². The van der Waals surface area contributed by atoms with Crippen LogP contribution < -0.4 is 9.54 Å². The number of hydrogen-bond acceptors (Lipinski definition) is 8. The highest BCUT2D eigenvalue weighted by Crippen LogP contribution is 2.25. The van der Waals surface area contributed by atoms with E-state index in [1.54, 1.807) is 4.90 Å². The molecule has 1 amide bonds. The number of nitrogens with one attached hydrogen (secondary N) is 1. The molecule has 0 bridgehead atoms. The molecule has 1 saturated heterocycles. The average molecular weight is 393 g/mol. The van der Waals surface area contributed by atoms with Crippen LogP contribution in [0.3, 0.4) is 0 Å². The van der Waals surface area contributed by atoms with Gasteiger partial charge in [-0.3, -0.25) is 5.41 Å². The molecule has 0 radical (unpaired) electrons. The maximum absolute atomic E-state index is 11.9. The van der Waals surface area contributed by atoms with Gasteiger partial charge in [0.1, 0.15) is 6.10 Å². The van der Waals surface area contributed by atoms with Crippen LogP contribution in [0.5, 0.6) is 5.19 Å². The topological polar surface area (TPSA) is 115 Å². The Morgan fingerprint density at radius 2 is 1.92 bits per heavy atom. The number of rotatable bonds is 5. The summed E-state index contributed by atoms with van der Waals surface area (Å²) in [4.78, 5) is 13.4. The number of piperidine rings is 1. The molecule has 1 aromatic rings. The molecule has 0 spiro atoms. The fourth-order valence-corrected chi connectivity index (χ4v) is 4.32. The van der Waals surface area contributed by atoms with Crippen molar-refractivity contribution in [3.05, 3.63) is 4.80 Å². The summed E-state index contributed by atoms with van der Waals surface area (Å²) in [5.74, 6) is 0.216. The highest BCUT2D eigenvalue weighted by molar-refractivity contribution is 7.89. The van der Waals surface area contributed by atoms with Crippen LogP contribution in [0.25, 0.3) is 0 Å². The lowest BCUT2D eigenvalue weighted by Gasteiger charge is -2.34. The van der Waals surface area contributed by atoms with Crippen LogP contribution in [0.4, 0.5) is 4.79 Å². The molecule has 1 fully saturated rings. The van der Waals surface area contributed by atoms with Crippen molar-refractivity contribution in [1.29, 1.82) is 5.41 Å². The van der Waals surface area contributed by atoms with Gasteiger partial charge in [0.25, 0.3) is 15.2 Å². The Balaban J connectivity index is 1.92. The van der Waals surface area contributed by atoms with Gasteiger partial charge >= 0.3 is 6.09 Å². The second kappa shape index (κ2) is 7.73. The van der Waals surface area contributed by atoms with E-state index >= 15 is 0 Å². The Morgan fingerprint density at radius 1 is 1.32 bits per heavy atom. The Bertz CT molecular complexity index is 762. The molecule has 1 unspecified atom stereocenters. The van der Waals surface area contributed by atoms with Gasteiger partial charge in [-0.1, -0.05) is 0 Å². The van der Waals surface area contributed by atoms with Crippen LogP contribution in [0.15, 0.2) is 0 Å². The van der Waals surface area contributed by atoms with Crippen molar-refractivity contribution in [1.82, 2.24) is 14.1 Å². The molecule has 2 rings (SSSR count). The average Bonchev–Trinajstić information content (AvgIpc) is 2.87. The molecule has 0 saturated carbocycles. The third kappa shape index (κ3) is 5.18. The van der Waals surface area contributed by atoms with Crippen LogP contribution in [0.2, 0.25) is 0 Å². The molecule has 1 aliphatic rings. The molecule has 142 valence electrons. The van der Waals surface area contributed by atoms with Crippen molar-refractivity contribution in [3.63, 3.8) is 0 Å². The molecule has 0 aromatic carbocycles. The summed E-state index contributed by atoms with van der Waals surface area (Å²) in [6.07, 6.45) is 1.89. The smallest absolute Gasteiger partial charge is 0.410 e. The van der Waals surface area contributed by atoms with Crippen molar-refractivity contribution in [2.45, 2.75) is 45.8 Å². The van der Waals surface area contributed by atoms with Crippen molar-refractivity contribution in [2.24, 2.45) is 5.92 Å².